The van der Waals surface area contributed by atoms with E-state index in [2.05, 4.69) is 10.4 Å². The van der Waals surface area contributed by atoms with Crippen LogP contribution in [0.15, 0.2) is 65.5 Å². The fourth-order valence-electron chi connectivity index (χ4n) is 3.85. The fraction of sp³-hybridized carbons (Fsp3) is 0.250. The molecule has 8 heteroatoms. The molecule has 1 atom stereocenters. The van der Waals surface area contributed by atoms with E-state index >= 15 is 0 Å². The van der Waals surface area contributed by atoms with Crippen molar-refractivity contribution >= 4 is 17.5 Å². The van der Waals surface area contributed by atoms with Gasteiger partial charge in [-0.05, 0) is 44.0 Å². The van der Waals surface area contributed by atoms with Gasteiger partial charge >= 0.3 is 0 Å². The summed E-state index contributed by atoms with van der Waals surface area (Å²) in [5, 5.41) is 7.05. The Labute approximate surface area is 184 Å². The van der Waals surface area contributed by atoms with Crippen LogP contribution in [0.3, 0.4) is 0 Å². The number of aromatic nitrogens is 2. The molecule has 7 nitrogen and oxygen atoms in total. The second-order valence-electron chi connectivity index (χ2n) is 7.81. The summed E-state index contributed by atoms with van der Waals surface area (Å²) in [6.07, 6.45) is 1.27. The number of halogens is 1. The van der Waals surface area contributed by atoms with Crippen molar-refractivity contribution < 1.29 is 14.0 Å². The summed E-state index contributed by atoms with van der Waals surface area (Å²) in [5.41, 5.74) is 0.432. The van der Waals surface area contributed by atoms with Crippen LogP contribution in [0.2, 0.25) is 0 Å². The molecule has 1 unspecified atom stereocenters. The lowest BCUT2D eigenvalue weighted by Gasteiger charge is -2.31. The Morgan fingerprint density at radius 3 is 2.56 bits per heavy atom. The van der Waals surface area contributed by atoms with Crippen LogP contribution in [0.25, 0.3) is 5.69 Å². The zero-order valence-corrected chi connectivity index (χ0v) is 17.6. The van der Waals surface area contributed by atoms with Gasteiger partial charge in [-0.2, -0.15) is 5.10 Å². The van der Waals surface area contributed by atoms with E-state index < -0.39 is 23.1 Å². The first kappa shape index (κ1) is 21.4. The molecular formula is C24H23FN4O3. The normalized spacial score (nSPS) is 15.9. The monoisotopic (exact) mass is 434 g/mol. The van der Waals surface area contributed by atoms with Gasteiger partial charge in [0, 0.05) is 30.5 Å². The van der Waals surface area contributed by atoms with Gasteiger partial charge in [-0.3, -0.25) is 14.4 Å². The topological polar surface area (TPSA) is 84.3 Å². The number of rotatable bonds is 4. The largest absolute Gasteiger partial charge is 0.336 e. The number of carbonyl (C=O) groups is 2. The van der Waals surface area contributed by atoms with Crippen molar-refractivity contribution in [2.45, 2.75) is 19.8 Å². The molecule has 2 heterocycles. The SMILES string of the molecule is Cc1cc(=O)c(C(=O)N2CCCC(C(=O)Nc3ccccc3)C2)nn1-c1ccccc1F. The summed E-state index contributed by atoms with van der Waals surface area (Å²) < 4.78 is 15.5. The number of carbonyl (C=O) groups excluding carboxylic acids is 2. The Morgan fingerprint density at radius 1 is 1.09 bits per heavy atom. The van der Waals surface area contributed by atoms with E-state index in [1.807, 2.05) is 18.2 Å². The van der Waals surface area contributed by atoms with Crippen LogP contribution in [0, 0.1) is 18.7 Å². The first-order valence-corrected chi connectivity index (χ1v) is 10.4. The lowest BCUT2D eigenvalue weighted by molar-refractivity contribution is -0.121. The summed E-state index contributed by atoms with van der Waals surface area (Å²) in [6, 6.07) is 16.4. The zero-order chi connectivity index (χ0) is 22.7. The van der Waals surface area contributed by atoms with E-state index in [-0.39, 0.29) is 23.8 Å². The lowest BCUT2D eigenvalue weighted by Crippen LogP contribution is -2.45. The van der Waals surface area contributed by atoms with E-state index in [0.29, 0.717) is 30.8 Å². The quantitative estimate of drug-likeness (QED) is 0.684. The van der Waals surface area contributed by atoms with Crippen LogP contribution in [-0.4, -0.2) is 39.6 Å². The predicted molar refractivity (Wildman–Crippen MR) is 118 cm³/mol. The number of nitrogens with zero attached hydrogens (tertiary/aromatic N) is 3. The Bertz CT molecular complexity index is 1210. The van der Waals surface area contributed by atoms with E-state index in [9.17, 15) is 18.8 Å². The molecule has 0 bridgehead atoms. The lowest BCUT2D eigenvalue weighted by atomic mass is 9.96. The van der Waals surface area contributed by atoms with Crippen molar-refractivity contribution in [2.24, 2.45) is 5.92 Å². The van der Waals surface area contributed by atoms with E-state index in [1.165, 1.54) is 27.8 Å². The van der Waals surface area contributed by atoms with Crippen LogP contribution in [0.5, 0.6) is 0 Å². The number of aryl methyl sites for hydroxylation is 1. The zero-order valence-electron chi connectivity index (χ0n) is 17.6. The molecule has 0 radical (unpaired) electrons. The number of piperidine rings is 1. The van der Waals surface area contributed by atoms with Gasteiger partial charge in [0.15, 0.2) is 5.69 Å². The number of likely N-dealkylation sites (tertiary alicyclic amines) is 1. The van der Waals surface area contributed by atoms with Gasteiger partial charge in [-0.25, -0.2) is 9.07 Å². The van der Waals surface area contributed by atoms with Gasteiger partial charge in [-0.1, -0.05) is 30.3 Å². The average Bonchev–Trinajstić information content (AvgIpc) is 2.80. The first-order valence-electron chi connectivity index (χ1n) is 10.4. The average molecular weight is 434 g/mol. The highest BCUT2D eigenvalue weighted by Gasteiger charge is 2.31. The number of anilines is 1. The number of hydrogen-bond acceptors (Lipinski definition) is 4. The molecule has 3 aromatic rings. The van der Waals surface area contributed by atoms with Crippen LogP contribution < -0.4 is 10.7 Å². The van der Waals surface area contributed by atoms with Crippen molar-refractivity contribution in [3.05, 3.63) is 88.1 Å². The Balaban J connectivity index is 1.56. The van der Waals surface area contributed by atoms with Crippen LogP contribution in [-0.2, 0) is 4.79 Å². The third-order valence-corrected chi connectivity index (χ3v) is 5.51. The molecule has 1 aliphatic heterocycles. The molecule has 32 heavy (non-hydrogen) atoms. The number of amides is 2. The van der Waals surface area contributed by atoms with Gasteiger partial charge in [0.25, 0.3) is 5.91 Å². The molecule has 4 rings (SSSR count). The van der Waals surface area contributed by atoms with Crippen LogP contribution in [0.1, 0.15) is 29.0 Å². The number of hydrogen-bond donors (Lipinski definition) is 1. The first-order chi connectivity index (χ1) is 15.4. The molecule has 1 N–H and O–H groups in total. The summed E-state index contributed by atoms with van der Waals surface area (Å²) in [5.74, 6) is -1.64. The Kier molecular flexibility index (Phi) is 6.11. The second kappa shape index (κ2) is 9.13. The van der Waals surface area contributed by atoms with Gasteiger partial charge in [-0.15, -0.1) is 0 Å². The van der Waals surface area contributed by atoms with Crippen molar-refractivity contribution in [3.63, 3.8) is 0 Å². The minimum absolute atomic E-state index is 0.151. The molecule has 1 fully saturated rings. The number of para-hydroxylation sites is 2. The minimum atomic E-state index is -0.558. The fourth-order valence-corrected chi connectivity index (χ4v) is 3.85. The molecule has 1 aromatic heterocycles. The molecule has 0 saturated carbocycles. The van der Waals surface area contributed by atoms with Crippen molar-refractivity contribution in [1.82, 2.24) is 14.7 Å². The second-order valence-corrected chi connectivity index (χ2v) is 7.81. The highest BCUT2D eigenvalue weighted by molar-refractivity contribution is 5.95. The highest BCUT2D eigenvalue weighted by Crippen LogP contribution is 2.20. The molecule has 1 saturated heterocycles. The maximum Gasteiger partial charge on any atom is 0.278 e. The summed E-state index contributed by atoms with van der Waals surface area (Å²) >= 11 is 0. The number of benzene rings is 2. The molecule has 1 aliphatic rings. The van der Waals surface area contributed by atoms with E-state index in [1.54, 1.807) is 31.2 Å². The molecule has 0 aliphatic carbocycles. The molecule has 2 aromatic carbocycles. The van der Waals surface area contributed by atoms with Gasteiger partial charge in [0.05, 0.1) is 5.92 Å². The van der Waals surface area contributed by atoms with Crippen molar-refractivity contribution in [1.29, 1.82) is 0 Å². The van der Waals surface area contributed by atoms with E-state index in [4.69, 9.17) is 0 Å². The third-order valence-electron chi connectivity index (χ3n) is 5.51. The summed E-state index contributed by atoms with van der Waals surface area (Å²) in [4.78, 5) is 39.9. The Morgan fingerprint density at radius 2 is 1.81 bits per heavy atom. The smallest absolute Gasteiger partial charge is 0.278 e. The molecule has 0 spiro atoms. The van der Waals surface area contributed by atoms with Crippen LogP contribution >= 0.6 is 0 Å². The minimum Gasteiger partial charge on any atom is -0.336 e. The summed E-state index contributed by atoms with van der Waals surface area (Å²) in [6.45, 7) is 2.23. The maximum atomic E-state index is 14.3. The van der Waals surface area contributed by atoms with Crippen molar-refractivity contribution in [3.8, 4) is 5.69 Å². The molecule has 164 valence electrons. The van der Waals surface area contributed by atoms with Crippen molar-refractivity contribution in [2.75, 3.05) is 18.4 Å². The standard InChI is InChI=1S/C24H23FN4O3/c1-16-14-21(30)22(27-29(16)20-12-6-5-11-19(20)25)24(32)28-13-7-8-17(15-28)23(31)26-18-9-3-2-4-10-18/h2-6,9-12,14,17H,7-8,13,15H2,1H3,(H,26,31). The van der Waals surface area contributed by atoms with Gasteiger partial charge in [0.2, 0.25) is 11.3 Å². The van der Waals surface area contributed by atoms with Gasteiger partial charge < -0.3 is 10.2 Å². The number of nitrogens with one attached hydrogen (secondary N) is 1. The maximum absolute atomic E-state index is 14.3. The highest BCUT2D eigenvalue weighted by atomic mass is 19.1. The Hall–Kier alpha value is -3.81. The van der Waals surface area contributed by atoms with E-state index in [0.717, 1.165) is 0 Å². The van der Waals surface area contributed by atoms with Crippen LogP contribution in [0.4, 0.5) is 10.1 Å². The molecular weight excluding hydrogens is 411 g/mol. The van der Waals surface area contributed by atoms with Gasteiger partial charge in [0.1, 0.15) is 11.5 Å². The molecule has 2 amide bonds. The predicted octanol–water partition coefficient (Wildman–Crippen LogP) is 3.17. The third kappa shape index (κ3) is 4.44. The summed E-state index contributed by atoms with van der Waals surface area (Å²) in [7, 11) is 0.